The zero-order valence-corrected chi connectivity index (χ0v) is 16.2. The van der Waals surface area contributed by atoms with Crippen LogP contribution in [-0.2, 0) is 4.79 Å². The molecule has 28 heavy (non-hydrogen) atoms. The van der Waals surface area contributed by atoms with Gasteiger partial charge in [0.05, 0.1) is 32.7 Å². The largest absolute Gasteiger partial charge is 0.332 e. The third-order valence-corrected chi connectivity index (χ3v) is 5.95. The molecule has 6 heteroatoms. The SMILES string of the molecule is CC[NH+]1CCN(C(=O)CCCN2C(=O)c3cccc4cccc(c34)C2=O)CC1. The van der Waals surface area contributed by atoms with Crippen molar-refractivity contribution < 1.29 is 19.3 Å². The molecule has 2 heterocycles. The molecule has 0 bridgehead atoms. The summed E-state index contributed by atoms with van der Waals surface area (Å²) in [5.41, 5.74) is 1.13. The number of hydrogen-bond donors (Lipinski definition) is 1. The Bertz CT molecular complexity index is 881. The summed E-state index contributed by atoms with van der Waals surface area (Å²) < 4.78 is 0. The van der Waals surface area contributed by atoms with Crippen molar-refractivity contribution in [3.8, 4) is 0 Å². The first kappa shape index (κ1) is 18.6. The molecule has 0 spiro atoms. The van der Waals surface area contributed by atoms with Crippen molar-refractivity contribution in [2.75, 3.05) is 39.3 Å². The van der Waals surface area contributed by atoms with Gasteiger partial charge >= 0.3 is 0 Å². The first-order valence-electron chi connectivity index (χ1n) is 10.1. The first-order valence-corrected chi connectivity index (χ1v) is 10.1. The van der Waals surface area contributed by atoms with Gasteiger partial charge < -0.3 is 9.80 Å². The number of likely N-dealkylation sites (N-methyl/N-ethyl adjacent to an activating group) is 1. The summed E-state index contributed by atoms with van der Waals surface area (Å²) >= 11 is 0. The highest BCUT2D eigenvalue weighted by Crippen LogP contribution is 2.30. The molecule has 0 atom stereocenters. The van der Waals surface area contributed by atoms with Gasteiger partial charge in [-0.25, -0.2) is 0 Å². The Morgan fingerprint density at radius 1 is 1.00 bits per heavy atom. The third-order valence-electron chi connectivity index (χ3n) is 5.95. The van der Waals surface area contributed by atoms with E-state index in [2.05, 4.69) is 6.92 Å². The van der Waals surface area contributed by atoms with Crippen LogP contribution in [0, 0.1) is 0 Å². The molecule has 1 saturated heterocycles. The molecular weight excluding hydrogens is 354 g/mol. The van der Waals surface area contributed by atoms with E-state index in [4.69, 9.17) is 0 Å². The van der Waals surface area contributed by atoms with Crippen LogP contribution in [0.25, 0.3) is 10.8 Å². The molecule has 3 amide bonds. The Morgan fingerprint density at radius 3 is 2.18 bits per heavy atom. The normalized spacial score (nSPS) is 17.5. The molecule has 146 valence electrons. The van der Waals surface area contributed by atoms with Crippen molar-refractivity contribution in [2.45, 2.75) is 19.8 Å². The number of nitrogens with zero attached hydrogens (tertiary/aromatic N) is 2. The Labute approximate surface area is 164 Å². The van der Waals surface area contributed by atoms with Crippen molar-refractivity contribution in [2.24, 2.45) is 0 Å². The minimum absolute atomic E-state index is 0.120. The second-order valence-corrected chi connectivity index (χ2v) is 7.56. The molecule has 0 unspecified atom stereocenters. The molecule has 6 nitrogen and oxygen atoms in total. The third kappa shape index (κ3) is 3.29. The molecule has 0 saturated carbocycles. The Balaban J connectivity index is 1.40. The number of benzene rings is 2. The minimum atomic E-state index is -0.262. The summed E-state index contributed by atoms with van der Waals surface area (Å²) in [6.45, 7) is 7.10. The van der Waals surface area contributed by atoms with Gasteiger partial charge in [0.15, 0.2) is 0 Å². The lowest BCUT2D eigenvalue weighted by Crippen LogP contribution is -3.14. The van der Waals surface area contributed by atoms with Gasteiger partial charge in [0, 0.05) is 29.5 Å². The van der Waals surface area contributed by atoms with E-state index >= 15 is 0 Å². The number of carbonyl (C=O) groups excluding carboxylic acids is 3. The molecule has 2 aliphatic rings. The molecule has 0 aromatic heterocycles. The van der Waals surface area contributed by atoms with Gasteiger partial charge in [-0.1, -0.05) is 24.3 Å². The van der Waals surface area contributed by atoms with Crippen molar-refractivity contribution in [3.05, 3.63) is 47.5 Å². The smallest absolute Gasteiger partial charge is 0.261 e. The predicted octanol–water partition coefficient (Wildman–Crippen LogP) is 0.963. The van der Waals surface area contributed by atoms with E-state index in [9.17, 15) is 14.4 Å². The second kappa shape index (κ2) is 7.72. The second-order valence-electron chi connectivity index (χ2n) is 7.56. The maximum absolute atomic E-state index is 12.9. The fourth-order valence-corrected chi connectivity index (χ4v) is 4.26. The number of imide groups is 1. The summed E-state index contributed by atoms with van der Waals surface area (Å²) in [4.78, 5) is 42.9. The van der Waals surface area contributed by atoms with Crippen molar-refractivity contribution in [1.82, 2.24) is 9.80 Å². The van der Waals surface area contributed by atoms with Crippen LogP contribution in [0.3, 0.4) is 0 Å². The highest BCUT2D eigenvalue weighted by Gasteiger charge is 2.32. The number of nitrogens with one attached hydrogen (secondary N) is 1. The minimum Gasteiger partial charge on any atom is -0.332 e. The summed E-state index contributed by atoms with van der Waals surface area (Å²) in [5.74, 6) is -0.404. The van der Waals surface area contributed by atoms with Gasteiger partial charge in [0.25, 0.3) is 11.8 Å². The van der Waals surface area contributed by atoms with E-state index in [1.165, 1.54) is 9.80 Å². The van der Waals surface area contributed by atoms with E-state index < -0.39 is 0 Å². The zero-order chi connectivity index (χ0) is 19.7. The van der Waals surface area contributed by atoms with Gasteiger partial charge in [-0.05, 0) is 30.9 Å². The van der Waals surface area contributed by atoms with Gasteiger partial charge in [-0.2, -0.15) is 0 Å². The topological polar surface area (TPSA) is 62.1 Å². The molecule has 1 fully saturated rings. The summed E-state index contributed by atoms with van der Waals surface area (Å²) in [6, 6.07) is 11.1. The monoisotopic (exact) mass is 380 g/mol. The van der Waals surface area contributed by atoms with Crippen LogP contribution in [-0.4, -0.2) is 66.8 Å². The lowest BCUT2D eigenvalue weighted by Gasteiger charge is -2.32. The maximum atomic E-state index is 12.9. The number of rotatable bonds is 5. The van der Waals surface area contributed by atoms with Crippen LogP contribution < -0.4 is 4.90 Å². The molecule has 0 aliphatic carbocycles. The Morgan fingerprint density at radius 2 is 1.61 bits per heavy atom. The van der Waals surface area contributed by atoms with Gasteiger partial charge in [-0.3, -0.25) is 19.3 Å². The molecule has 2 aromatic carbocycles. The highest BCUT2D eigenvalue weighted by atomic mass is 16.2. The van der Waals surface area contributed by atoms with Gasteiger partial charge in [0.2, 0.25) is 5.91 Å². The molecule has 2 aromatic rings. The number of amides is 3. The molecule has 1 N–H and O–H groups in total. The standard InChI is InChI=1S/C22H25N3O3/c1-2-23-12-14-24(15-13-23)19(26)10-5-11-25-21(27)17-8-3-6-16-7-4-9-18(20(16)17)22(25)28/h3-4,6-9H,2,5,10-15H2,1H3/p+1. The molecule has 2 aliphatic heterocycles. The average Bonchev–Trinajstić information content (AvgIpc) is 2.74. The predicted molar refractivity (Wildman–Crippen MR) is 106 cm³/mol. The molecular formula is C22H26N3O3+. The summed E-state index contributed by atoms with van der Waals surface area (Å²) in [7, 11) is 0. The molecule has 4 rings (SSSR count). The first-order chi connectivity index (χ1) is 13.6. The van der Waals surface area contributed by atoms with Crippen LogP contribution in [0.1, 0.15) is 40.5 Å². The molecule has 0 radical (unpaired) electrons. The van der Waals surface area contributed by atoms with Crippen LogP contribution in [0.5, 0.6) is 0 Å². The van der Waals surface area contributed by atoms with Gasteiger partial charge in [0.1, 0.15) is 0 Å². The van der Waals surface area contributed by atoms with Crippen molar-refractivity contribution >= 4 is 28.5 Å². The van der Waals surface area contributed by atoms with Crippen molar-refractivity contribution in [1.29, 1.82) is 0 Å². The van der Waals surface area contributed by atoms with E-state index in [0.29, 0.717) is 24.0 Å². The Hall–Kier alpha value is -2.73. The van der Waals surface area contributed by atoms with Gasteiger partial charge in [-0.15, -0.1) is 0 Å². The van der Waals surface area contributed by atoms with E-state index in [0.717, 1.165) is 43.5 Å². The average molecular weight is 380 g/mol. The van der Waals surface area contributed by atoms with Crippen LogP contribution >= 0.6 is 0 Å². The zero-order valence-electron chi connectivity index (χ0n) is 16.2. The van der Waals surface area contributed by atoms with Crippen LogP contribution in [0.2, 0.25) is 0 Å². The lowest BCUT2D eigenvalue weighted by atomic mass is 9.94. The van der Waals surface area contributed by atoms with E-state index in [-0.39, 0.29) is 24.3 Å². The van der Waals surface area contributed by atoms with E-state index in [1.54, 1.807) is 12.1 Å². The fraction of sp³-hybridized carbons (Fsp3) is 0.409. The van der Waals surface area contributed by atoms with Crippen molar-refractivity contribution in [3.63, 3.8) is 0 Å². The number of hydrogen-bond acceptors (Lipinski definition) is 3. The number of carbonyl (C=O) groups is 3. The quantitative estimate of drug-likeness (QED) is 0.786. The fourth-order valence-electron chi connectivity index (χ4n) is 4.26. The van der Waals surface area contributed by atoms with Crippen LogP contribution in [0.15, 0.2) is 36.4 Å². The summed E-state index contributed by atoms with van der Waals surface area (Å²) in [6.07, 6.45) is 0.861. The summed E-state index contributed by atoms with van der Waals surface area (Å²) in [5, 5.41) is 1.64. The highest BCUT2D eigenvalue weighted by molar-refractivity contribution is 6.25. The maximum Gasteiger partial charge on any atom is 0.261 e. The lowest BCUT2D eigenvalue weighted by molar-refractivity contribution is -0.902. The Kier molecular flexibility index (Phi) is 5.13. The van der Waals surface area contributed by atoms with Crippen LogP contribution in [0.4, 0.5) is 0 Å². The van der Waals surface area contributed by atoms with E-state index in [1.807, 2.05) is 29.2 Å². The number of piperazine rings is 1. The number of quaternary nitrogens is 1.